The van der Waals surface area contributed by atoms with E-state index in [2.05, 4.69) is 87.4 Å². The fourth-order valence-electron chi connectivity index (χ4n) is 10.6. The van der Waals surface area contributed by atoms with Crippen LogP contribution in [-0.2, 0) is 54.6 Å². The van der Waals surface area contributed by atoms with Crippen molar-refractivity contribution < 1.29 is 33.4 Å². The Labute approximate surface area is 417 Å². The molecule has 3 amide bonds. The Balaban J connectivity index is 1.10. The number of carbonyl (C=O) groups is 4. The van der Waals surface area contributed by atoms with Crippen LogP contribution in [0.25, 0.3) is 33.3 Å². The number of hydrogen-bond acceptors (Lipinski definition) is 11. The first-order valence-corrected chi connectivity index (χ1v) is 25.0. The summed E-state index contributed by atoms with van der Waals surface area (Å²) in [5.41, 5.74) is 11.4. The summed E-state index contributed by atoms with van der Waals surface area (Å²) in [7, 11) is 4.97. The van der Waals surface area contributed by atoms with E-state index in [1.165, 1.54) is 9.91 Å². The number of ether oxygens (including phenoxy) is 3. The van der Waals surface area contributed by atoms with Gasteiger partial charge in [-0.05, 0) is 122 Å². The van der Waals surface area contributed by atoms with E-state index in [1.54, 1.807) is 27.5 Å². The molecule has 3 aliphatic rings. The van der Waals surface area contributed by atoms with Crippen LogP contribution in [0, 0.1) is 17.3 Å². The number of likely N-dealkylation sites (N-methyl/N-ethyl adjacent to an activating group) is 1. The molecule has 8 rings (SSSR count). The third-order valence-corrected chi connectivity index (χ3v) is 14.2. The number of nitrogens with zero attached hydrogens (tertiary/aromatic N) is 6. The number of cyclic esters (lactones) is 1. The molecule has 1 saturated carbocycles. The van der Waals surface area contributed by atoms with Gasteiger partial charge in [0.1, 0.15) is 23.9 Å². The van der Waals surface area contributed by atoms with Crippen LogP contribution in [0.15, 0.2) is 95.2 Å². The van der Waals surface area contributed by atoms with Gasteiger partial charge in [0, 0.05) is 73.9 Å². The van der Waals surface area contributed by atoms with Crippen molar-refractivity contribution in [2.24, 2.45) is 27.2 Å². The second-order valence-electron chi connectivity index (χ2n) is 20.3. The summed E-state index contributed by atoms with van der Waals surface area (Å²) in [5, 5.41) is 5.65. The van der Waals surface area contributed by atoms with Crippen molar-refractivity contribution >= 4 is 46.3 Å². The number of nitrogens with one attached hydrogen (secondary N) is 2. The monoisotopic (exact) mass is 965 g/mol. The van der Waals surface area contributed by atoms with Gasteiger partial charge < -0.3 is 29.0 Å². The molecule has 0 radical (unpaired) electrons. The van der Waals surface area contributed by atoms with E-state index in [9.17, 15) is 19.2 Å². The van der Waals surface area contributed by atoms with E-state index in [1.807, 2.05) is 62.5 Å². The Morgan fingerprint density at radius 3 is 2.56 bits per heavy atom. The van der Waals surface area contributed by atoms with Crippen LogP contribution >= 0.6 is 0 Å². The molecule has 2 N–H and O–H groups in total. The lowest BCUT2D eigenvalue weighted by molar-refractivity contribution is -0.155. The van der Waals surface area contributed by atoms with Crippen molar-refractivity contribution in [3.8, 4) is 28.1 Å². The molecule has 71 heavy (non-hydrogen) atoms. The SMILES string of the molecule is CCn1c(-c2cnccc2COC)c2c3cc(ccc31)-c1cccc(c1)C[C@H](NC(=O)C(C(C)C)N(C)C(=O)[C@H]1CC[C@H](N=C=Nc3ccc(OC)cc3)C1)C(=O)N1CCC[C@H](N1)C(=O)OCC(C)(C)C2. The molecular formula is C56H68N8O7. The number of esters is 1. The lowest BCUT2D eigenvalue weighted by Gasteiger charge is -2.37. The molecule has 2 aromatic heterocycles. The molecule has 1 unspecified atom stereocenters. The summed E-state index contributed by atoms with van der Waals surface area (Å²) >= 11 is 0. The van der Waals surface area contributed by atoms with Gasteiger partial charge in [-0.3, -0.25) is 29.2 Å². The van der Waals surface area contributed by atoms with Crippen molar-refractivity contribution in [2.75, 3.05) is 34.4 Å². The fourth-order valence-corrected chi connectivity index (χ4v) is 10.6. The first-order valence-electron chi connectivity index (χ1n) is 25.0. The summed E-state index contributed by atoms with van der Waals surface area (Å²) in [4.78, 5) is 72.6. The number of carbonyl (C=O) groups excluding carboxylic acids is 4. The topological polar surface area (TPSA) is 169 Å². The number of hydrogen-bond donors (Lipinski definition) is 2. The minimum Gasteiger partial charge on any atom is -0.497 e. The maximum Gasteiger partial charge on any atom is 0.324 e. The van der Waals surface area contributed by atoms with Gasteiger partial charge in [0.15, 0.2) is 0 Å². The minimum atomic E-state index is -1.03. The minimum absolute atomic E-state index is 0.129. The summed E-state index contributed by atoms with van der Waals surface area (Å²) < 4.78 is 19.4. The van der Waals surface area contributed by atoms with Gasteiger partial charge in [-0.15, -0.1) is 0 Å². The normalized spacial score (nSPS) is 20.7. The molecule has 1 aliphatic carbocycles. The fraction of sp³-hybridized carbons (Fsp3) is 0.464. The standard InChI is InChI=1S/C56H68N8O7/c1-9-63-49-22-16-38-29-44(49)45(51(63)46-31-57-24-23-40(46)32-69-7)30-56(4,5)33-71-55(68)47-14-11-25-64(61-47)54(67)48(27-36-12-10-13-37(38)26-36)60-52(65)50(35(2)3)62(6)53(66)39-15-17-42(28-39)59-34-58-41-18-20-43(70-8)21-19-41/h10,12-13,16,18-24,26,29,31,35,39,42,47-48,50,61H,9,11,14-15,17,25,27-28,30,32-33H2,1-8H3,(H,60,65)/t39-,42-,47-,48-,50?/m0/s1. The molecule has 15 heteroatoms. The molecule has 374 valence electrons. The van der Waals surface area contributed by atoms with E-state index in [4.69, 9.17) is 14.2 Å². The van der Waals surface area contributed by atoms with Crippen LogP contribution in [-0.4, -0.2) is 108 Å². The van der Waals surface area contributed by atoms with Gasteiger partial charge in [0.25, 0.3) is 5.91 Å². The number of rotatable bonds is 12. The van der Waals surface area contributed by atoms with Crippen LogP contribution < -0.4 is 15.5 Å². The Hall–Kier alpha value is -6.67. The largest absolute Gasteiger partial charge is 0.497 e. The van der Waals surface area contributed by atoms with Gasteiger partial charge >= 0.3 is 5.97 Å². The molecule has 1 saturated heterocycles. The summed E-state index contributed by atoms with van der Waals surface area (Å²) in [5.74, 6) is -1.29. The van der Waals surface area contributed by atoms with Crippen molar-refractivity contribution in [1.29, 1.82) is 0 Å². The van der Waals surface area contributed by atoms with Gasteiger partial charge in [-0.25, -0.2) is 10.4 Å². The Kier molecular flexibility index (Phi) is 15.8. The van der Waals surface area contributed by atoms with Gasteiger partial charge in [-0.1, -0.05) is 58.0 Å². The molecule has 5 aromatic rings. The maximum atomic E-state index is 14.8. The third-order valence-electron chi connectivity index (χ3n) is 14.2. The number of aromatic nitrogens is 2. The second-order valence-corrected chi connectivity index (χ2v) is 20.3. The summed E-state index contributed by atoms with van der Waals surface area (Å²) in [6, 6.07) is 23.9. The van der Waals surface area contributed by atoms with Crippen LogP contribution in [0.5, 0.6) is 5.75 Å². The zero-order valence-corrected chi connectivity index (χ0v) is 42.4. The number of fused-ring (bicyclic) bond motifs is 6. The van der Waals surface area contributed by atoms with Crippen LogP contribution in [0.4, 0.5) is 5.69 Å². The summed E-state index contributed by atoms with van der Waals surface area (Å²) in [6.45, 7) is 11.8. The maximum absolute atomic E-state index is 14.8. The molecular weight excluding hydrogens is 897 g/mol. The number of benzene rings is 3. The Morgan fingerprint density at radius 1 is 1.03 bits per heavy atom. The highest BCUT2D eigenvalue weighted by Gasteiger charge is 2.40. The third kappa shape index (κ3) is 11.4. The predicted molar refractivity (Wildman–Crippen MR) is 274 cm³/mol. The van der Waals surface area contributed by atoms with Crippen molar-refractivity contribution in [3.05, 3.63) is 102 Å². The van der Waals surface area contributed by atoms with Crippen molar-refractivity contribution in [1.82, 2.24) is 30.2 Å². The number of methoxy groups -OCH3 is 2. The van der Waals surface area contributed by atoms with E-state index < -0.39 is 35.4 Å². The van der Waals surface area contributed by atoms with E-state index in [-0.39, 0.29) is 42.7 Å². The van der Waals surface area contributed by atoms with Gasteiger partial charge in [0.05, 0.1) is 43.8 Å². The Morgan fingerprint density at radius 2 is 1.82 bits per heavy atom. The van der Waals surface area contributed by atoms with Crippen LogP contribution in [0.1, 0.15) is 83.4 Å². The lowest BCUT2D eigenvalue weighted by atomic mass is 9.84. The van der Waals surface area contributed by atoms with E-state index in [0.29, 0.717) is 63.9 Å². The smallest absolute Gasteiger partial charge is 0.324 e. The molecule has 0 spiro atoms. The predicted octanol–water partition coefficient (Wildman–Crippen LogP) is 8.35. The average Bonchev–Trinajstić information content (AvgIpc) is 3.97. The number of amides is 3. The zero-order valence-electron chi connectivity index (χ0n) is 42.4. The first-order chi connectivity index (χ1) is 34.2. The molecule has 4 heterocycles. The lowest BCUT2D eigenvalue weighted by Crippen LogP contribution is -2.62. The van der Waals surface area contributed by atoms with Crippen LogP contribution in [0.2, 0.25) is 0 Å². The highest BCUT2D eigenvalue weighted by molar-refractivity contribution is 5.96. The number of pyridine rings is 1. The molecule has 2 fully saturated rings. The Bertz CT molecular complexity index is 2810. The number of hydrazine groups is 1. The highest BCUT2D eigenvalue weighted by Crippen LogP contribution is 2.41. The number of aliphatic imine (C=N–C) groups is 2. The number of aryl methyl sites for hydroxylation is 1. The van der Waals surface area contributed by atoms with Gasteiger partial charge in [0.2, 0.25) is 11.8 Å². The zero-order chi connectivity index (χ0) is 50.4. The molecule has 6 bridgehead atoms. The van der Waals surface area contributed by atoms with E-state index in [0.717, 1.165) is 55.7 Å². The second kappa shape index (κ2) is 22.2. The van der Waals surface area contributed by atoms with Gasteiger partial charge in [-0.2, -0.15) is 4.99 Å². The quantitative estimate of drug-likeness (QED) is 0.0922. The summed E-state index contributed by atoms with van der Waals surface area (Å²) in [6.07, 6.45) is 7.33. The van der Waals surface area contributed by atoms with Crippen LogP contribution in [0.3, 0.4) is 0 Å². The molecule has 5 atom stereocenters. The highest BCUT2D eigenvalue weighted by atomic mass is 16.5. The first kappa shape index (κ1) is 50.7. The van der Waals surface area contributed by atoms with Crippen molar-refractivity contribution in [2.45, 2.75) is 117 Å². The molecule has 15 nitrogen and oxygen atoms in total. The molecule has 2 aliphatic heterocycles. The molecule has 3 aromatic carbocycles. The van der Waals surface area contributed by atoms with Crippen molar-refractivity contribution in [3.63, 3.8) is 0 Å². The van der Waals surface area contributed by atoms with E-state index >= 15 is 0 Å². The average molecular weight is 965 g/mol.